The Bertz CT molecular complexity index is 912. The summed E-state index contributed by atoms with van der Waals surface area (Å²) in [6.45, 7) is 0.420. The summed E-state index contributed by atoms with van der Waals surface area (Å²) in [4.78, 5) is 30.0. The number of hydrogen-bond acceptors (Lipinski definition) is 4. The molecule has 7 heteroatoms. The summed E-state index contributed by atoms with van der Waals surface area (Å²) in [6, 6.07) is 7.14. The van der Waals surface area contributed by atoms with Gasteiger partial charge in [0.15, 0.2) is 0 Å². The summed E-state index contributed by atoms with van der Waals surface area (Å²) in [5, 5.41) is 7.73. The first kappa shape index (κ1) is 15.0. The van der Waals surface area contributed by atoms with Crippen LogP contribution in [-0.4, -0.2) is 37.6 Å². The maximum Gasteiger partial charge on any atom is 0.272 e. The van der Waals surface area contributed by atoms with E-state index in [-0.39, 0.29) is 17.9 Å². The number of nitrogens with zero attached hydrogens (tertiary/aromatic N) is 4. The molecule has 3 rings (SSSR count). The molecule has 3 aromatic rings. The molecule has 2 heterocycles. The van der Waals surface area contributed by atoms with Gasteiger partial charge < -0.3 is 9.47 Å². The van der Waals surface area contributed by atoms with Gasteiger partial charge in [0, 0.05) is 31.9 Å². The van der Waals surface area contributed by atoms with Crippen molar-refractivity contribution in [3.8, 4) is 0 Å². The molecule has 23 heavy (non-hydrogen) atoms. The lowest BCUT2D eigenvalue weighted by Gasteiger charge is -2.17. The van der Waals surface area contributed by atoms with Crippen molar-refractivity contribution < 1.29 is 4.79 Å². The van der Waals surface area contributed by atoms with Gasteiger partial charge in [-0.25, -0.2) is 10.1 Å². The first-order valence-electron chi connectivity index (χ1n) is 7.22. The molecule has 0 unspecified atom stereocenters. The number of amides is 1. The van der Waals surface area contributed by atoms with Gasteiger partial charge in [-0.3, -0.25) is 9.59 Å². The van der Waals surface area contributed by atoms with E-state index >= 15 is 0 Å². The van der Waals surface area contributed by atoms with Gasteiger partial charge in [0.25, 0.3) is 5.56 Å². The van der Waals surface area contributed by atoms with Crippen molar-refractivity contribution in [3.05, 3.63) is 58.5 Å². The maximum absolute atomic E-state index is 12.4. The van der Waals surface area contributed by atoms with Crippen LogP contribution in [0.4, 0.5) is 0 Å². The molecule has 0 spiro atoms. The monoisotopic (exact) mass is 311 g/mol. The van der Waals surface area contributed by atoms with E-state index < -0.39 is 0 Å². The predicted octanol–water partition coefficient (Wildman–Crippen LogP) is 0.858. The third kappa shape index (κ3) is 2.98. The fraction of sp³-hybridized carbons (Fsp3) is 0.250. The number of aromatic nitrogens is 4. The predicted molar refractivity (Wildman–Crippen MR) is 85.7 cm³/mol. The summed E-state index contributed by atoms with van der Waals surface area (Å²) in [6.07, 6.45) is 3.66. The molecule has 7 nitrogen and oxygen atoms in total. The van der Waals surface area contributed by atoms with Crippen LogP contribution in [0.2, 0.25) is 0 Å². The highest BCUT2D eigenvalue weighted by atomic mass is 16.2. The number of imidazole rings is 1. The summed E-state index contributed by atoms with van der Waals surface area (Å²) >= 11 is 0. The summed E-state index contributed by atoms with van der Waals surface area (Å²) in [5.74, 6) is 0.720. The zero-order valence-corrected chi connectivity index (χ0v) is 13.0. The fourth-order valence-electron chi connectivity index (χ4n) is 2.43. The molecule has 0 saturated heterocycles. The lowest BCUT2D eigenvalue weighted by Crippen LogP contribution is -2.29. The van der Waals surface area contributed by atoms with E-state index in [4.69, 9.17) is 0 Å². The average molecular weight is 311 g/mol. The third-order valence-corrected chi connectivity index (χ3v) is 3.82. The summed E-state index contributed by atoms with van der Waals surface area (Å²) < 4.78 is 1.87. The Kier molecular flexibility index (Phi) is 3.92. The van der Waals surface area contributed by atoms with E-state index in [2.05, 4.69) is 15.2 Å². The molecule has 0 aliphatic rings. The van der Waals surface area contributed by atoms with E-state index in [1.807, 2.05) is 23.9 Å². The van der Waals surface area contributed by atoms with Crippen LogP contribution < -0.4 is 5.56 Å². The molecule has 0 atom stereocenters. The summed E-state index contributed by atoms with van der Waals surface area (Å²) in [7, 11) is 3.61. The highest BCUT2D eigenvalue weighted by molar-refractivity contribution is 5.88. The van der Waals surface area contributed by atoms with Crippen LogP contribution in [0.5, 0.6) is 0 Å². The molecule has 1 amide bonds. The van der Waals surface area contributed by atoms with Crippen LogP contribution >= 0.6 is 0 Å². The first-order valence-corrected chi connectivity index (χ1v) is 7.22. The van der Waals surface area contributed by atoms with Crippen molar-refractivity contribution >= 4 is 16.7 Å². The van der Waals surface area contributed by atoms with E-state index in [1.165, 1.54) is 0 Å². The highest BCUT2D eigenvalue weighted by Gasteiger charge is 2.15. The van der Waals surface area contributed by atoms with Crippen molar-refractivity contribution in [1.82, 2.24) is 24.6 Å². The third-order valence-electron chi connectivity index (χ3n) is 3.82. The Labute approximate surface area is 132 Å². The number of likely N-dealkylation sites (N-methyl/N-ethyl adjacent to an activating group) is 1. The van der Waals surface area contributed by atoms with E-state index in [0.29, 0.717) is 23.0 Å². The van der Waals surface area contributed by atoms with Crippen molar-refractivity contribution in [2.75, 3.05) is 7.05 Å². The van der Waals surface area contributed by atoms with E-state index in [0.717, 1.165) is 5.82 Å². The van der Waals surface area contributed by atoms with E-state index in [1.54, 1.807) is 36.3 Å². The van der Waals surface area contributed by atoms with Crippen LogP contribution in [0.1, 0.15) is 11.5 Å². The van der Waals surface area contributed by atoms with Crippen LogP contribution in [0.25, 0.3) is 10.8 Å². The number of fused-ring (bicyclic) bond motifs is 1. The van der Waals surface area contributed by atoms with Crippen molar-refractivity contribution in [2.45, 2.75) is 13.0 Å². The van der Waals surface area contributed by atoms with Gasteiger partial charge in [-0.05, 0) is 6.07 Å². The zero-order chi connectivity index (χ0) is 16.4. The number of aryl methyl sites for hydroxylation is 1. The van der Waals surface area contributed by atoms with Crippen LogP contribution in [0.3, 0.4) is 0 Å². The van der Waals surface area contributed by atoms with Gasteiger partial charge in [-0.1, -0.05) is 18.2 Å². The fourth-order valence-corrected chi connectivity index (χ4v) is 2.43. The smallest absolute Gasteiger partial charge is 0.272 e. The molecular weight excluding hydrogens is 294 g/mol. The number of aromatic amines is 1. The minimum absolute atomic E-state index is 0.0855. The molecule has 0 radical (unpaired) electrons. The molecular formula is C16H17N5O2. The number of nitrogens with one attached hydrogen (secondary N) is 1. The Balaban J connectivity index is 1.82. The molecule has 0 fully saturated rings. The van der Waals surface area contributed by atoms with E-state index in [9.17, 15) is 9.59 Å². The lowest BCUT2D eigenvalue weighted by atomic mass is 10.1. The second-order valence-corrected chi connectivity index (χ2v) is 5.43. The molecule has 0 saturated carbocycles. The molecule has 1 N–H and O–H groups in total. The average Bonchev–Trinajstić information content (AvgIpc) is 2.95. The first-order chi connectivity index (χ1) is 11.1. The summed E-state index contributed by atoms with van der Waals surface area (Å²) in [5.41, 5.74) is 0.315. The molecule has 1 aromatic carbocycles. The second-order valence-electron chi connectivity index (χ2n) is 5.43. The van der Waals surface area contributed by atoms with Crippen molar-refractivity contribution in [1.29, 1.82) is 0 Å². The van der Waals surface area contributed by atoms with Gasteiger partial charge in [-0.15, -0.1) is 0 Å². The van der Waals surface area contributed by atoms with Crippen LogP contribution in [-0.2, 0) is 24.8 Å². The SMILES string of the molecule is CN(Cc1nccn1C)C(=O)Cc1n[nH]c(=O)c2ccccc12. The number of carbonyl (C=O) groups is 1. The van der Waals surface area contributed by atoms with Crippen molar-refractivity contribution in [3.63, 3.8) is 0 Å². The number of H-pyrrole nitrogens is 1. The lowest BCUT2D eigenvalue weighted by molar-refractivity contribution is -0.129. The molecule has 0 bridgehead atoms. The number of rotatable bonds is 4. The maximum atomic E-state index is 12.4. The minimum atomic E-state index is -0.252. The quantitative estimate of drug-likeness (QED) is 0.774. The Morgan fingerprint density at radius 1 is 1.30 bits per heavy atom. The number of carbonyl (C=O) groups excluding carboxylic acids is 1. The standard InChI is InChI=1S/C16H17N5O2/c1-20-8-7-17-14(20)10-21(2)15(22)9-13-11-5-3-4-6-12(11)16(23)19-18-13/h3-8H,9-10H2,1-2H3,(H,19,23). The van der Waals surface area contributed by atoms with Gasteiger partial charge in [-0.2, -0.15) is 5.10 Å². The Morgan fingerprint density at radius 2 is 2.04 bits per heavy atom. The van der Waals surface area contributed by atoms with Gasteiger partial charge in [0.05, 0.1) is 24.0 Å². The minimum Gasteiger partial charge on any atom is -0.338 e. The van der Waals surface area contributed by atoms with Gasteiger partial charge >= 0.3 is 0 Å². The van der Waals surface area contributed by atoms with Crippen molar-refractivity contribution in [2.24, 2.45) is 7.05 Å². The normalized spacial score (nSPS) is 10.9. The van der Waals surface area contributed by atoms with Crippen LogP contribution in [0.15, 0.2) is 41.5 Å². The Morgan fingerprint density at radius 3 is 2.74 bits per heavy atom. The molecule has 0 aliphatic carbocycles. The van der Waals surface area contributed by atoms with Gasteiger partial charge in [0.2, 0.25) is 5.91 Å². The largest absolute Gasteiger partial charge is 0.338 e. The second kappa shape index (κ2) is 6.04. The number of hydrogen-bond donors (Lipinski definition) is 1. The molecule has 118 valence electrons. The molecule has 0 aliphatic heterocycles. The zero-order valence-electron chi connectivity index (χ0n) is 13.0. The highest BCUT2D eigenvalue weighted by Crippen LogP contribution is 2.13. The van der Waals surface area contributed by atoms with Crippen LogP contribution in [0, 0.1) is 0 Å². The Hall–Kier alpha value is -2.96. The molecule has 2 aromatic heterocycles. The number of benzene rings is 1. The topological polar surface area (TPSA) is 83.9 Å². The van der Waals surface area contributed by atoms with Gasteiger partial charge in [0.1, 0.15) is 5.82 Å².